The van der Waals surface area contributed by atoms with Gasteiger partial charge in [0, 0.05) is 24.5 Å². The quantitative estimate of drug-likeness (QED) is 0.0937. The van der Waals surface area contributed by atoms with E-state index in [1.165, 1.54) is 60.7 Å². The maximum Gasteiger partial charge on any atom is -0.0134 e. The van der Waals surface area contributed by atoms with Crippen LogP contribution in [0, 0.1) is 48.2 Å². The number of nitrogens with zero attached hydrogens (tertiary/aromatic N) is 2. The molecule has 2 nitrogen and oxygen atoms in total. The van der Waals surface area contributed by atoms with Gasteiger partial charge < -0.3 is 9.80 Å². The monoisotopic (exact) mass is 831 g/mol. The van der Waals surface area contributed by atoms with Gasteiger partial charge in [0.25, 0.3) is 0 Å². The van der Waals surface area contributed by atoms with Crippen molar-refractivity contribution in [1.29, 1.82) is 0 Å². The number of benzene rings is 6. The van der Waals surface area contributed by atoms with Crippen LogP contribution in [0.15, 0.2) is 146 Å². The van der Waals surface area contributed by atoms with Crippen molar-refractivity contribution in [2.75, 3.05) is 22.9 Å². The van der Waals surface area contributed by atoms with Crippen LogP contribution >= 0.6 is 27.3 Å². The van der Waals surface area contributed by atoms with E-state index in [2.05, 4.69) is 173 Å². The van der Waals surface area contributed by atoms with Gasteiger partial charge in [0.05, 0.1) is 0 Å². The second-order valence-corrected chi connectivity index (χ2v) is 21.0. The van der Waals surface area contributed by atoms with E-state index in [9.17, 15) is 0 Å². The zero-order valence-corrected chi connectivity index (χ0v) is 35.0. The van der Waals surface area contributed by atoms with Crippen LogP contribution in [0.3, 0.4) is 0 Å². The van der Waals surface area contributed by atoms with Gasteiger partial charge >= 0.3 is 73.4 Å². The summed E-state index contributed by atoms with van der Waals surface area (Å²) in [6, 6.07) is 51.3. The van der Waals surface area contributed by atoms with E-state index in [0.29, 0.717) is 0 Å². The topological polar surface area (TPSA) is 6.48 Å². The number of anilines is 2. The molecule has 6 aromatic rings. The number of hydrogen-bond acceptors (Lipinski definition) is 2. The SMILES string of the molecule is Cc1cc(C)c(N2[CH-]N(c3c(C)cc(C)cc3C)CC2)c(C)c1.[Cl][Ru]([Cl])=[CH]c1ccccc1.c1ccc(P(c2ccccc2)c2ccccc2)cc1. The van der Waals surface area contributed by atoms with E-state index in [-0.39, 0.29) is 0 Å². The normalized spacial score (nSPS) is 12.4. The van der Waals surface area contributed by atoms with Crippen molar-refractivity contribution in [3.8, 4) is 0 Å². The first kappa shape index (κ1) is 39.6. The van der Waals surface area contributed by atoms with Crippen LogP contribution in [0.4, 0.5) is 11.4 Å². The predicted octanol–water partition coefficient (Wildman–Crippen LogP) is 11.2. The summed E-state index contributed by atoms with van der Waals surface area (Å²) in [6.07, 6.45) is 0. The molecule has 0 amide bonds. The average molecular weight is 832 g/mol. The Balaban J connectivity index is 0.000000162. The van der Waals surface area contributed by atoms with Gasteiger partial charge in [0.15, 0.2) is 0 Å². The second kappa shape index (κ2) is 19.5. The van der Waals surface area contributed by atoms with Gasteiger partial charge in [-0.15, -0.1) is 0 Å². The minimum absolute atomic E-state index is 0.446. The average Bonchev–Trinajstić information content (AvgIpc) is 3.58. The molecule has 6 aromatic carbocycles. The Morgan fingerprint density at radius 2 is 0.808 bits per heavy atom. The van der Waals surface area contributed by atoms with Crippen LogP contribution in [0.25, 0.3) is 0 Å². The molecule has 0 N–H and O–H groups in total. The Bertz CT molecular complexity index is 1850. The van der Waals surface area contributed by atoms with Crippen molar-refractivity contribution < 1.29 is 13.5 Å². The molecule has 1 aliphatic heterocycles. The van der Waals surface area contributed by atoms with Crippen LogP contribution < -0.4 is 25.7 Å². The molecule has 0 bridgehead atoms. The summed E-state index contributed by atoms with van der Waals surface area (Å²) in [5.41, 5.74) is 12.0. The Morgan fingerprint density at radius 1 is 0.500 bits per heavy atom. The molecule has 1 heterocycles. The second-order valence-electron chi connectivity index (χ2n) is 13.1. The molecule has 52 heavy (non-hydrogen) atoms. The Labute approximate surface area is 326 Å². The van der Waals surface area contributed by atoms with Crippen molar-refractivity contribution in [3.05, 3.63) is 191 Å². The zero-order valence-electron chi connectivity index (χ0n) is 30.9. The first-order valence-electron chi connectivity index (χ1n) is 17.5. The van der Waals surface area contributed by atoms with Crippen molar-refractivity contribution in [3.63, 3.8) is 0 Å². The van der Waals surface area contributed by atoms with Crippen molar-refractivity contribution in [2.24, 2.45) is 0 Å². The number of hydrogen-bond donors (Lipinski definition) is 0. The third kappa shape index (κ3) is 11.0. The summed E-state index contributed by atoms with van der Waals surface area (Å²) in [5.74, 6) is 0. The summed E-state index contributed by atoms with van der Waals surface area (Å²) in [4.78, 5) is 4.81. The van der Waals surface area contributed by atoms with Crippen LogP contribution in [0.5, 0.6) is 0 Å². The smallest absolute Gasteiger partial charge is 0.0134 e. The Morgan fingerprint density at radius 3 is 1.12 bits per heavy atom. The molecule has 6 heteroatoms. The molecule has 7 rings (SSSR count). The van der Waals surface area contributed by atoms with Gasteiger partial charge in [-0.05, 0) is 87.6 Å². The summed E-state index contributed by atoms with van der Waals surface area (Å²) in [5, 5.41) is 4.19. The third-order valence-electron chi connectivity index (χ3n) is 8.74. The van der Waals surface area contributed by atoms with Crippen LogP contribution in [0.1, 0.15) is 38.9 Å². The standard InChI is InChI=1S/C21H27N2.C18H15P.C7H6.2ClH.Ru/c1-14-9-16(3)20(17(4)10-14)22-7-8-23(13-22)21-18(5)11-15(2)12-19(21)6;1-4-10-16(11-5-1)19(17-12-6-2-7-13-17)18-14-8-3-9-15-18;1-7-5-3-2-4-6-7;;;/h9-13H,7-8H2,1-6H3;1-15H;1-6H;2*1H;/q-1;;;;;+2/p-2. The molecule has 0 atom stereocenters. The van der Waals surface area contributed by atoms with Crippen molar-refractivity contribution >= 4 is 59.2 Å². The molecule has 0 saturated carbocycles. The minimum atomic E-state index is -1.61. The van der Waals surface area contributed by atoms with E-state index in [1.54, 1.807) is 0 Å². The zero-order chi connectivity index (χ0) is 37.0. The maximum absolute atomic E-state index is 5.67. The van der Waals surface area contributed by atoms with Gasteiger partial charge in [0.1, 0.15) is 0 Å². The molecule has 0 aromatic heterocycles. The first-order valence-corrected chi connectivity index (χ1v) is 24.3. The number of halogens is 2. The number of rotatable bonds is 6. The number of aryl methyl sites for hydroxylation is 6. The van der Waals surface area contributed by atoms with Gasteiger partial charge in [0.2, 0.25) is 0 Å². The molecule has 0 radical (unpaired) electrons. The largest absolute Gasteiger partial charge is 0.0622 e. The summed E-state index contributed by atoms with van der Waals surface area (Å²) >= 11 is -1.61. The molecule has 1 saturated heterocycles. The van der Waals surface area contributed by atoms with Gasteiger partial charge in [-0.25, -0.2) is 0 Å². The molecule has 1 aliphatic rings. The molecule has 0 aliphatic carbocycles. The first-order chi connectivity index (χ1) is 25.1. The fourth-order valence-electron chi connectivity index (χ4n) is 6.88. The van der Waals surface area contributed by atoms with Crippen LogP contribution in [-0.2, 0) is 13.5 Å². The summed E-state index contributed by atoms with van der Waals surface area (Å²) < 4.78 is 1.92. The molecule has 1 fully saturated rings. The minimum Gasteiger partial charge on any atom is -0.0622 e. The fraction of sp³-hybridized carbons (Fsp3) is 0.174. The summed E-state index contributed by atoms with van der Waals surface area (Å²) in [7, 11) is 10.9. The fourth-order valence-corrected chi connectivity index (χ4v) is 11.0. The molecular formula is C46H48Cl2N2PRu-. The van der Waals surface area contributed by atoms with E-state index in [0.717, 1.165) is 18.7 Å². The Hall–Kier alpha value is -3.58. The van der Waals surface area contributed by atoms with Gasteiger partial charge in [-0.2, -0.15) is 6.67 Å². The Kier molecular flexibility index (Phi) is 14.8. The van der Waals surface area contributed by atoms with E-state index >= 15 is 0 Å². The molecule has 0 spiro atoms. The van der Waals surface area contributed by atoms with E-state index < -0.39 is 21.4 Å². The van der Waals surface area contributed by atoms with E-state index in [4.69, 9.17) is 19.4 Å². The van der Waals surface area contributed by atoms with E-state index in [1.807, 2.05) is 34.9 Å². The molecular weight excluding hydrogens is 783 g/mol. The maximum atomic E-state index is 5.67. The molecule has 270 valence electrons. The third-order valence-corrected chi connectivity index (χ3v) is 13.1. The van der Waals surface area contributed by atoms with Crippen LogP contribution in [-0.4, -0.2) is 17.7 Å². The van der Waals surface area contributed by atoms with Crippen LogP contribution in [0.2, 0.25) is 0 Å². The van der Waals surface area contributed by atoms with Gasteiger partial charge in [-0.1, -0.05) is 126 Å². The van der Waals surface area contributed by atoms with Crippen molar-refractivity contribution in [2.45, 2.75) is 41.5 Å². The summed E-state index contributed by atoms with van der Waals surface area (Å²) in [6.45, 7) is 17.6. The van der Waals surface area contributed by atoms with Gasteiger partial charge in [-0.3, -0.25) is 0 Å². The predicted molar refractivity (Wildman–Crippen MR) is 229 cm³/mol. The van der Waals surface area contributed by atoms with Crippen molar-refractivity contribution in [1.82, 2.24) is 0 Å². The molecule has 0 unspecified atom stereocenters.